The zero-order valence-electron chi connectivity index (χ0n) is 9.67. The molecule has 0 radical (unpaired) electrons. The number of aliphatic imine (C=N–C) groups is 1. The van der Waals surface area contributed by atoms with Crippen LogP contribution < -0.4 is 4.74 Å². The van der Waals surface area contributed by atoms with Gasteiger partial charge in [0.25, 0.3) is 0 Å². The number of ether oxygens (including phenoxy) is 1. The zero-order chi connectivity index (χ0) is 11.5. The molecule has 0 N–H and O–H groups in total. The lowest BCUT2D eigenvalue weighted by Crippen LogP contribution is -2.31. The fourth-order valence-electron chi connectivity index (χ4n) is 1.35. The average Bonchev–Trinajstić information content (AvgIpc) is 2.62. The maximum Gasteiger partial charge on any atom is 0.180 e. The standard InChI is InChI=1S/C11H15N3OS/c1-13-8-16-11(14(13)2)12-9-4-6-10(15-3)7-5-9/h4-7H,8H2,1-3H3. The first-order chi connectivity index (χ1) is 7.70. The summed E-state index contributed by atoms with van der Waals surface area (Å²) in [6.45, 7) is 0. The normalized spacial score (nSPS) is 19.4. The highest BCUT2D eigenvalue weighted by Crippen LogP contribution is 2.24. The third-order valence-corrected chi connectivity index (χ3v) is 3.58. The van der Waals surface area contributed by atoms with Crippen molar-refractivity contribution in [3.05, 3.63) is 24.3 Å². The molecule has 1 fully saturated rings. The lowest BCUT2D eigenvalue weighted by molar-refractivity contribution is 0.149. The molecule has 1 aromatic carbocycles. The summed E-state index contributed by atoms with van der Waals surface area (Å²) < 4.78 is 5.11. The van der Waals surface area contributed by atoms with Crippen molar-refractivity contribution in [2.75, 3.05) is 27.1 Å². The van der Waals surface area contributed by atoms with Crippen molar-refractivity contribution in [3.8, 4) is 5.75 Å². The van der Waals surface area contributed by atoms with E-state index in [0.29, 0.717) is 0 Å². The van der Waals surface area contributed by atoms with Crippen molar-refractivity contribution in [3.63, 3.8) is 0 Å². The van der Waals surface area contributed by atoms with Crippen molar-refractivity contribution in [2.24, 2.45) is 4.99 Å². The Hall–Kier alpha value is -1.20. The summed E-state index contributed by atoms with van der Waals surface area (Å²) in [7, 11) is 5.72. The molecule has 0 bridgehead atoms. The largest absolute Gasteiger partial charge is 0.497 e. The van der Waals surface area contributed by atoms with E-state index in [9.17, 15) is 0 Å². The van der Waals surface area contributed by atoms with E-state index in [1.807, 2.05) is 38.4 Å². The van der Waals surface area contributed by atoms with Gasteiger partial charge in [-0.3, -0.25) is 5.01 Å². The molecular weight excluding hydrogens is 222 g/mol. The Morgan fingerprint density at radius 3 is 2.44 bits per heavy atom. The number of hydrogen-bond acceptors (Lipinski definition) is 4. The molecule has 0 saturated carbocycles. The molecule has 5 heteroatoms. The summed E-state index contributed by atoms with van der Waals surface area (Å²) in [6.07, 6.45) is 0. The topological polar surface area (TPSA) is 28.1 Å². The third-order valence-electron chi connectivity index (χ3n) is 2.47. The van der Waals surface area contributed by atoms with Crippen LogP contribution in [0.15, 0.2) is 29.3 Å². The number of amidine groups is 1. The molecule has 0 atom stereocenters. The van der Waals surface area contributed by atoms with Crippen LogP contribution in [0, 0.1) is 0 Å². The summed E-state index contributed by atoms with van der Waals surface area (Å²) in [4.78, 5) is 4.57. The molecule has 16 heavy (non-hydrogen) atoms. The van der Waals surface area contributed by atoms with Crippen LogP contribution in [0.1, 0.15) is 0 Å². The second-order valence-corrected chi connectivity index (χ2v) is 4.46. The fraction of sp³-hybridized carbons (Fsp3) is 0.364. The molecule has 4 nitrogen and oxygen atoms in total. The number of thioether (sulfide) groups is 1. The van der Waals surface area contributed by atoms with Crippen LogP contribution in [-0.4, -0.2) is 42.3 Å². The number of rotatable bonds is 2. The van der Waals surface area contributed by atoms with Gasteiger partial charge in [-0.1, -0.05) is 11.8 Å². The van der Waals surface area contributed by atoms with Gasteiger partial charge in [-0.25, -0.2) is 10.0 Å². The number of nitrogens with zero attached hydrogens (tertiary/aromatic N) is 3. The first-order valence-corrected chi connectivity index (χ1v) is 5.99. The first kappa shape index (κ1) is 11.3. The number of methoxy groups -OCH3 is 1. The van der Waals surface area contributed by atoms with Gasteiger partial charge in [0.05, 0.1) is 18.7 Å². The summed E-state index contributed by atoms with van der Waals surface area (Å²) >= 11 is 1.73. The first-order valence-electron chi connectivity index (χ1n) is 5.01. The fourth-order valence-corrected chi connectivity index (χ4v) is 2.32. The summed E-state index contributed by atoms with van der Waals surface area (Å²) in [5.41, 5.74) is 0.949. The number of hydrazine groups is 1. The highest BCUT2D eigenvalue weighted by molar-refractivity contribution is 8.14. The van der Waals surface area contributed by atoms with Crippen molar-refractivity contribution in [2.45, 2.75) is 0 Å². The Balaban J connectivity index is 2.16. The maximum absolute atomic E-state index is 5.11. The molecule has 1 aliphatic rings. The lowest BCUT2D eigenvalue weighted by Gasteiger charge is -2.18. The maximum atomic E-state index is 5.11. The highest BCUT2D eigenvalue weighted by atomic mass is 32.2. The molecular formula is C11H15N3OS. The van der Waals surface area contributed by atoms with Crippen molar-refractivity contribution >= 4 is 22.6 Å². The molecule has 1 aromatic rings. The molecule has 0 spiro atoms. The molecule has 1 aliphatic heterocycles. The molecule has 1 saturated heterocycles. The van der Waals surface area contributed by atoms with Gasteiger partial charge in [-0.05, 0) is 24.3 Å². The van der Waals surface area contributed by atoms with Crippen LogP contribution in [0.25, 0.3) is 0 Å². The van der Waals surface area contributed by atoms with Gasteiger partial charge in [-0.15, -0.1) is 0 Å². The smallest absolute Gasteiger partial charge is 0.180 e. The minimum atomic E-state index is 0.855. The second-order valence-electron chi connectivity index (χ2n) is 3.55. The van der Waals surface area contributed by atoms with Crippen LogP contribution in [0.4, 0.5) is 5.69 Å². The predicted octanol–water partition coefficient (Wildman–Crippen LogP) is 2.17. The van der Waals surface area contributed by atoms with Crippen LogP contribution in [0.5, 0.6) is 5.75 Å². The number of benzene rings is 1. The zero-order valence-corrected chi connectivity index (χ0v) is 10.5. The third kappa shape index (κ3) is 2.31. The average molecular weight is 237 g/mol. The van der Waals surface area contributed by atoms with Gasteiger partial charge in [0.1, 0.15) is 5.75 Å². The SMILES string of the molecule is COc1ccc(N=C2SCN(C)N2C)cc1. The van der Waals surface area contributed by atoms with Crippen molar-refractivity contribution in [1.82, 2.24) is 10.0 Å². The van der Waals surface area contributed by atoms with Gasteiger partial charge >= 0.3 is 0 Å². The van der Waals surface area contributed by atoms with Gasteiger partial charge in [0.2, 0.25) is 0 Å². The second kappa shape index (κ2) is 4.76. The molecule has 0 aliphatic carbocycles. The monoisotopic (exact) mass is 237 g/mol. The Kier molecular flexibility index (Phi) is 3.36. The molecule has 1 heterocycles. The van der Waals surface area contributed by atoms with Crippen molar-refractivity contribution < 1.29 is 4.74 Å². The Morgan fingerprint density at radius 2 is 1.94 bits per heavy atom. The van der Waals surface area contributed by atoms with Crippen LogP contribution in [0.2, 0.25) is 0 Å². The lowest BCUT2D eigenvalue weighted by atomic mass is 10.3. The Labute approximate surface area is 99.9 Å². The van der Waals surface area contributed by atoms with E-state index in [2.05, 4.69) is 15.0 Å². The molecule has 2 rings (SSSR count). The predicted molar refractivity (Wildman–Crippen MR) is 68.1 cm³/mol. The summed E-state index contributed by atoms with van der Waals surface area (Å²) in [5.74, 6) is 1.80. The van der Waals surface area contributed by atoms with E-state index in [-0.39, 0.29) is 0 Å². The summed E-state index contributed by atoms with van der Waals surface area (Å²) in [5, 5.41) is 5.19. The van der Waals surface area contributed by atoms with Gasteiger partial charge < -0.3 is 4.74 Å². The van der Waals surface area contributed by atoms with E-state index in [1.165, 1.54) is 0 Å². The van der Waals surface area contributed by atoms with Gasteiger partial charge in [0, 0.05) is 14.1 Å². The molecule has 86 valence electrons. The Morgan fingerprint density at radius 1 is 1.25 bits per heavy atom. The van der Waals surface area contributed by atoms with E-state index in [1.54, 1.807) is 18.9 Å². The molecule has 0 unspecified atom stereocenters. The van der Waals surface area contributed by atoms with Crippen LogP contribution >= 0.6 is 11.8 Å². The van der Waals surface area contributed by atoms with Gasteiger partial charge in [0.15, 0.2) is 5.17 Å². The summed E-state index contributed by atoms with van der Waals surface area (Å²) in [6, 6.07) is 7.75. The van der Waals surface area contributed by atoms with Crippen molar-refractivity contribution in [1.29, 1.82) is 0 Å². The van der Waals surface area contributed by atoms with Gasteiger partial charge in [-0.2, -0.15) is 0 Å². The van der Waals surface area contributed by atoms with E-state index >= 15 is 0 Å². The van der Waals surface area contributed by atoms with E-state index < -0.39 is 0 Å². The quantitative estimate of drug-likeness (QED) is 0.788. The molecule has 0 amide bonds. The number of hydrogen-bond donors (Lipinski definition) is 0. The van der Waals surface area contributed by atoms with E-state index in [4.69, 9.17) is 4.74 Å². The van der Waals surface area contributed by atoms with Crippen LogP contribution in [0.3, 0.4) is 0 Å². The Bertz CT molecular complexity index is 391. The highest BCUT2D eigenvalue weighted by Gasteiger charge is 2.20. The minimum Gasteiger partial charge on any atom is -0.497 e. The van der Waals surface area contributed by atoms with E-state index in [0.717, 1.165) is 22.5 Å². The van der Waals surface area contributed by atoms with Crippen LogP contribution in [-0.2, 0) is 0 Å². The minimum absolute atomic E-state index is 0.855. The molecule has 0 aromatic heterocycles.